The lowest BCUT2D eigenvalue weighted by Gasteiger charge is -2.33. The number of hydrogen-bond donors (Lipinski definition) is 1. The van der Waals surface area contributed by atoms with Crippen molar-refractivity contribution in [2.24, 2.45) is 5.73 Å². The number of sulfone groups is 1. The van der Waals surface area contributed by atoms with Crippen LogP contribution in [0.15, 0.2) is 45.8 Å². The molecule has 13 heteroatoms. The third kappa shape index (κ3) is 6.11. The van der Waals surface area contributed by atoms with E-state index in [0.29, 0.717) is 12.3 Å². The first kappa shape index (κ1) is 28.4. The monoisotopic (exact) mass is 579 g/mol. The number of likely N-dealkylation sites (tertiary alicyclic amines) is 1. The van der Waals surface area contributed by atoms with Gasteiger partial charge in [-0.25, -0.2) is 21.6 Å². The largest absolute Gasteiger partial charge is 0.491 e. The first-order chi connectivity index (χ1) is 18.8. The zero-order chi connectivity index (χ0) is 28.8. The average Bonchev–Trinajstić information content (AvgIpc) is 3.30. The number of rotatable bonds is 6. The number of aromatic nitrogens is 2. The first-order valence-corrected chi connectivity index (χ1v) is 14.7. The topological polar surface area (TPSA) is 115 Å². The molecule has 2 aromatic carbocycles. The molecule has 216 valence electrons. The van der Waals surface area contributed by atoms with Gasteiger partial charge in [0, 0.05) is 32.1 Å². The molecular formula is C27H32F3N5O4S. The Morgan fingerprint density at radius 2 is 1.93 bits per heavy atom. The minimum Gasteiger partial charge on any atom is -0.491 e. The van der Waals surface area contributed by atoms with E-state index in [0.717, 1.165) is 11.6 Å². The van der Waals surface area contributed by atoms with Crippen molar-refractivity contribution < 1.29 is 30.8 Å². The van der Waals surface area contributed by atoms with Gasteiger partial charge in [-0.1, -0.05) is 17.3 Å². The van der Waals surface area contributed by atoms with Gasteiger partial charge in [-0.15, -0.1) is 0 Å². The van der Waals surface area contributed by atoms with Crippen molar-refractivity contribution in [1.82, 2.24) is 15.0 Å². The van der Waals surface area contributed by atoms with Crippen LogP contribution in [0.2, 0.25) is 0 Å². The van der Waals surface area contributed by atoms with E-state index < -0.39 is 40.0 Å². The second-order valence-corrected chi connectivity index (χ2v) is 12.9. The molecule has 0 radical (unpaired) electrons. The van der Waals surface area contributed by atoms with Crippen LogP contribution in [-0.2, 0) is 16.4 Å². The van der Waals surface area contributed by atoms with Gasteiger partial charge in [0.05, 0.1) is 40.5 Å². The molecule has 0 bridgehead atoms. The molecule has 40 heavy (non-hydrogen) atoms. The van der Waals surface area contributed by atoms with Gasteiger partial charge in [-0.05, 0) is 50.7 Å². The van der Waals surface area contributed by atoms with Crippen LogP contribution in [0.4, 0.5) is 18.9 Å². The number of anilines is 1. The molecule has 0 amide bonds. The lowest BCUT2D eigenvalue weighted by Crippen LogP contribution is -2.44. The third-order valence-corrected chi connectivity index (χ3v) is 8.76. The molecule has 0 aliphatic carbocycles. The summed E-state index contributed by atoms with van der Waals surface area (Å²) in [6.07, 6.45) is -0.447. The zero-order valence-electron chi connectivity index (χ0n) is 22.5. The number of likely N-dealkylation sites (N-methyl/N-ethyl adjacent to an activating group) is 1. The fourth-order valence-corrected chi connectivity index (χ4v) is 6.97. The maximum Gasteiger partial charge on any atom is 0.261 e. The standard InChI is InChI=1S/C27H32F3N5O4S/c1-16(2)38-20-6-4-17(5-7-20)11-35-13-19(31)14-40(36,37)24-9-22(28)21(8-23(24)35)25-32-26(39-33-25)18-10-27(29,30)15-34(3)12-18/h4-9,16,18-19H,10-15,31H2,1-3H3/t18?,19-/m1/s1. The number of alkyl halides is 2. The Labute approximate surface area is 231 Å². The normalized spacial score (nSPS) is 22.6. The van der Waals surface area contributed by atoms with Crippen molar-refractivity contribution in [1.29, 1.82) is 0 Å². The number of piperidine rings is 1. The van der Waals surface area contributed by atoms with Crippen molar-refractivity contribution in [3.63, 3.8) is 0 Å². The molecule has 3 heterocycles. The van der Waals surface area contributed by atoms with Crippen molar-refractivity contribution in [2.75, 3.05) is 37.3 Å². The second-order valence-electron chi connectivity index (χ2n) is 10.9. The third-order valence-electron chi connectivity index (χ3n) is 6.89. The maximum atomic E-state index is 15.4. The summed E-state index contributed by atoms with van der Waals surface area (Å²) in [6.45, 7) is 4.26. The fourth-order valence-electron chi connectivity index (χ4n) is 5.33. The maximum absolute atomic E-state index is 15.4. The molecule has 1 fully saturated rings. The first-order valence-electron chi connectivity index (χ1n) is 13.0. The van der Waals surface area contributed by atoms with Crippen molar-refractivity contribution in [2.45, 2.75) is 55.7 Å². The van der Waals surface area contributed by atoms with Gasteiger partial charge < -0.3 is 19.9 Å². The van der Waals surface area contributed by atoms with Crippen LogP contribution in [0, 0.1) is 5.82 Å². The van der Waals surface area contributed by atoms with E-state index in [4.69, 9.17) is 15.0 Å². The Hall–Kier alpha value is -3.16. The molecule has 2 atom stereocenters. The SMILES string of the molecule is CC(C)Oc1ccc(CN2C[C@@H](N)CS(=O)(=O)c3cc(F)c(-c4noc(C5CN(C)CC(F)(F)C5)n4)cc32)cc1. The van der Waals surface area contributed by atoms with E-state index in [-0.39, 0.29) is 59.4 Å². The average molecular weight is 580 g/mol. The summed E-state index contributed by atoms with van der Waals surface area (Å²) < 4.78 is 80.9. The Kier molecular flexibility index (Phi) is 7.57. The highest BCUT2D eigenvalue weighted by Gasteiger charge is 2.42. The number of nitrogens with two attached hydrogens (primary N) is 1. The molecular weight excluding hydrogens is 547 g/mol. The van der Waals surface area contributed by atoms with Gasteiger partial charge >= 0.3 is 0 Å². The molecule has 0 saturated carbocycles. The minimum atomic E-state index is -3.91. The van der Waals surface area contributed by atoms with Crippen LogP contribution in [-0.4, -0.2) is 74.0 Å². The van der Waals surface area contributed by atoms with E-state index >= 15 is 4.39 Å². The number of halogens is 3. The lowest BCUT2D eigenvalue weighted by atomic mass is 9.95. The van der Waals surface area contributed by atoms with Crippen LogP contribution in [0.25, 0.3) is 11.4 Å². The molecule has 0 spiro atoms. The molecule has 3 aromatic rings. The summed E-state index contributed by atoms with van der Waals surface area (Å²) in [6, 6.07) is 9.00. The summed E-state index contributed by atoms with van der Waals surface area (Å²) >= 11 is 0. The zero-order valence-corrected chi connectivity index (χ0v) is 23.3. The summed E-state index contributed by atoms with van der Waals surface area (Å²) in [5, 5.41) is 3.87. The van der Waals surface area contributed by atoms with Crippen molar-refractivity contribution >= 4 is 15.5 Å². The van der Waals surface area contributed by atoms with E-state index in [1.807, 2.05) is 38.1 Å². The molecule has 2 N–H and O–H groups in total. The van der Waals surface area contributed by atoms with E-state index in [2.05, 4.69) is 10.1 Å². The summed E-state index contributed by atoms with van der Waals surface area (Å²) in [4.78, 5) is 7.33. The van der Waals surface area contributed by atoms with E-state index in [1.165, 1.54) is 11.0 Å². The van der Waals surface area contributed by atoms with Crippen molar-refractivity contribution in [3.05, 3.63) is 53.7 Å². The van der Waals surface area contributed by atoms with Gasteiger partial charge in [0.25, 0.3) is 5.92 Å². The van der Waals surface area contributed by atoms with Gasteiger partial charge in [-0.3, -0.25) is 4.90 Å². The van der Waals surface area contributed by atoms with Crippen LogP contribution in [0.5, 0.6) is 5.75 Å². The smallest absolute Gasteiger partial charge is 0.261 e. The van der Waals surface area contributed by atoms with E-state index in [9.17, 15) is 17.2 Å². The number of benzene rings is 2. The molecule has 2 aliphatic heterocycles. The van der Waals surface area contributed by atoms with Gasteiger partial charge in [0.1, 0.15) is 11.6 Å². The van der Waals surface area contributed by atoms with Gasteiger partial charge in [0.15, 0.2) is 9.84 Å². The molecule has 1 saturated heterocycles. The molecule has 9 nitrogen and oxygen atoms in total. The number of nitrogens with zero attached hydrogens (tertiary/aromatic N) is 4. The Balaban J connectivity index is 1.50. The van der Waals surface area contributed by atoms with Gasteiger partial charge in [-0.2, -0.15) is 4.98 Å². The van der Waals surface area contributed by atoms with Crippen LogP contribution < -0.4 is 15.4 Å². The lowest BCUT2D eigenvalue weighted by molar-refractivity contribution is -0.0683. The van der Waals surface area contributed by atoms with E-state index in [1.54, 1.807) is 11.9 Å². The number of hydrogen-bond acceptors (Lipinski definition) is 9. The Bertz CT molecular complexity index is 1480. The molecule has 1 unspecified atom stereocenters. The summed E-state index contributed by atoms with van der Waals surface area (Å²) in [7, 11) is -2.33. The predicted molar refractivity (Wildman–Crippen MR) is 143 cm³/mol. The van der Waals surface area contributed by atoms with Crippen LogP contribution in [0.3, 0.4) is 0 Å². The quantitative estimate of drug-likeness (QED) is 0.465. The Morgan fingerprint density at radius 1 is 1.20 bits per heavy atom. The Morgan fingerprint density at radius 3 is 2.60 bits per heavy atom. The molecule has 2 aliphatic rings. The highest BCUT2D eigenvalue weighted by molar-refractivity contribution is 7.91. The predicted octanol–water partition coefficient (Wildman–Crippen LogP) is 3.84. The number of fused-ring (bicyclic) bond motifs is 1. The minimum absolute atomic E-state index is 0.0148. The highest BCUT2D eigenvalue weighted by atomic mass is 32.2. The van der Waals surface area contributed by atoms with Gasteiger partial charge in [0.2, 0.25) is 11.7 Å². The summed E-state index contributed by atoms with van der Waals surface area (Å²) in [5.41, 5.74) is 7.20. The molecule has 5 rings (SSSR count). The highest BCUT2D eigenvalue weighted by Crippen LogP contribution is 2.38. The molecule has 1 aromatic heterocycles. The number of ether oxygens (including phenoxy) is 1. The van der Waals surface area contributed by atoms with Crippen molar-refractivity contribution in [3.8, 4) is 17.1 Å². The summed E-state index contributed by atoms with van der Waals surface area (Å²) in [5.74, 6) is -4.32. The van der Waals surface area contributed by atoms with Crippen LogP contribution in [0.1, 0.15) is 37.6 Å². The fraction of sp³-hybridized carbons (Fsp3) is 0.481. The second kappa shape index (κ2) is 10.7. The van der Waals surface area contributed by atoms with Crippen LogP contribution >= 0.6 is 0 Å².